The summed E-state index contributed by atoms with van der Waals surface area (Å²) in [5, 5.41) is 6.23. The zero-order valence-electron chi connectivity index (χ0n) is 24.1. The fourth-order valence-electron chi connectivity index (χ4n) is 2.64. The molecule has 37 heavy (non-hydrogen) atoms. The molecule has 1 aromatic heterocycles. The molecular weight excluding hydrogens is 454 g/mol. The van der Waals surface area contributed by atoms with Crippen LogP contribution in [0.15, 0.2) is 91.0 Å². The van der Waals surface area contributed by atoms with Crippen LogP contribution in [0.25, 0.3) is 11.4 Å². The quantitative estimate of drug-likeness (QED) is 0.286. The van der Waals surface area contributed by atoms with E-state index in [-0.39, 0.29) is 0 Å². The van der Waals surface area contributed by atoms with Gasteiger partial charge in [0.2, 0.25) is 11.9 Å². The summed E-state index contributed by atoms with van der Waals surface area (Å²) in [6.45, 7) is 18.0. The van der Waals surface area contributed by atoms with Crippen molar-refractivity contribution in [3.05, 3.63) is 102 Å². The third-order valence-corrected chi connectivity index (χ3v) is 4.22. The summed E-state index contributed by atoms with van der Waals surface area (Å²) in [5.74, 6) is 1.88. The monoisotopic (exact) mass is 501 g/mol. The van der Waals surface area contributed by atoms with E-state index in [0.29, 0.717) is 17.7 Å². The first kappa shape index (κ1) is 33.3. The zero-order valence-corrected chi connectivity index (χ0v) is 24.1. The Kier molecular flexibility index (Phi) is 20.4. The third kappa shape index (κ3) is 16.5. The fourth-order valence-corrected chi connectivity index (χ4v) is 2.64. The number of hydrogen-bond donors (Lipinski definition) is 2. The number of anilines is 2. The highest BCUT2D eigenvalue weighted by atomic mass is 15.2. The van der Waals surface area contributed by atoms with Crippen LogP contribution in [0.4, 0.5) is 11.9 Å². The number of hydrogen-bond acceptors (Lipinski definition) is 5. The maximum absolute atomic E-state index is 4.40. The molecule has 0 fully saturated rings. The van der Waals surface area contributed by atoms with Gasteiger partial charge in [0.1, 0.15) is 0 Å². The summed E-state index contributed by atoms with van der Waals surface area (Å²) in [7, 11) is 0. The summed E-state index contributed by atoms with van der Waals surface area (Å²) >= 11 is 0. The van der Waals surface area contributed by atoms with Crippen LogP contribution in [-0.2, 0) is 0 Å². The summed E-state index contributed by atoms with van der Waals surface area (Å²) in [6, 6.07) is 30.4. The lowest BCUT2D eigenvalue weighted by atomic mass is 10.2. The largest absolute Gasteiger partial charge is 0.354 e. The molecule has 5 heteroatoms. The number of aryl methyl sites for hydroxylation is 2. The standard InChI is InChI=1S/C13H17N5.2C7H8.C3H8.C2H6/c1-3-14-12-16-11(10-8-6-5-7-9-10)17-13(18-12)15-4-2;2*1-7-5-3-2-4-6-7;1-3-2;1-2/h5-9H,3-4H2,1-2H3,(H2,14,15,16,17,18);2*2-6H,1H3;3H2,1-2H3;1-2H3. The van der Waals surface area contributed by atoms with Gasteiger partial charge in [0.05, 0.1) is 0 Å². The summed E-state index contributed by atoms with van der Waals surface area (Å²) < 4.78 is 0. The van der Waals surface area contributed by atoms with Crippen molar-refractivity contribution in [2.75, 3.05) is 23.7 Å². The van der Waals surface area contributed by atoms with Gasteiger partial charge in [0.25, 0.3) is 0 Å². The Hall–Kier alpha value is -3.73. The molecule has 4 rings (SSSR count). The molecule has 2 N–H and O–H groups in total. The highest BCUT2D eigenvalue weighted by Crippen LogP contribution is 2.17. The van der Waals surface area contributed by atoms with Crippen LogP contribution in [0, 0.1) is 13.8 Å². The zero-order chi connectivity index (χ0) is 27.7. The van der Waals surface area contributed by atoms with Crippen LogP contribution in [0.3, 0.4) is 0 Å². The molecule has 0 radical (unpaired) electrons. The molecule has 0 saturated heterocycles. The summed E-state index contributed by atoms with van der Waals surface area (Å²) in [4.78, 5) is 13.1. The van der Waals surface area contributed by atoms with Crippen LogP contribution in [-0.4, -0.2) is 28.0 Å². The Labute approximate surface area is 225 Å². The molecule has 0 spiro atoms. The molecule has 3 aromatic carbocycles. The minimum Gasteiger partial charge on any atom is -0.354 e. The maximum Gasteiger partial charge on any atom is 0.228 e. The van der Waals surface area contributed by atoms with Crippen molar-refractivity contribution in [2.45, 2.75) is 61.8 Å². The SMILES string of the molecule is CC.CCC.CCNc1nc(NCC)nc(-c2ccccc2)n1.Cc1ccccc1.Cc1ccccc1. The van der Waals surface area contributed by atoms with Gasteiger partial charge in [-0.25, -0.2) is 0 Å². The van der Waals surface area contributed by atoms with Crippen molar-refractivity contribution < 1.29 is 0 Å². The van der Waals surface area contributed by atoms with Gasteiger partial charge < -0.3 is 10.6 Å². The van der Waals surface area contributed by atoms with E-state index in [9.17, 15) is 0 Å². The first-order valence-electron chi connectivity index (χ1n) is 13.4. The summed E-state index contributed by atoms with van der Waals surface area (Å²) in [6.07, 6.45) is 1.25. The van der Waals surface area contributed by atoms with Gasteiger partial charge in [-0.2, -0.15) is 15.0 Å². The molecule has 0 aliphatic carbocycles. The van der Waals surface area contributed by atoms with E-state index in [4.69, 9.17) is 0 Å². The minimum absolute atomic E-state index is 0.599. The van der Waals surface area contributed by atoms with Gasteiger partial charge >= 0.3 is 0 Å². The van der Waals surface area contributed by atoms with Crippen LogP contribution >= 0.6 is 0 Å². The second-order valence-corrected chi connectivity index (χ2v) is 7.75. The van der Waals surface area contributed by atoms with Gasteiger partial charge in [-0.05, 0) is 27.7 Å². The highest BCUT2D eigenvalue weighted by molar-refractivity contribution is 5.57. The second-order valence-electron chi connectivity index (χ2n) is 7.75. The van der Waals surface area contributed by atoms with Crippen molar-refractivity contribution in [2.24, 2.45) is 0 Å². The van der Waals surface area contributed by atoms with E-state index in [1.54, 1.807) is 0 Å². The van der Waals surface area contributed by atoms with Crippen molar-refractivity contribution >= 4 is 11.9 Å². The van der Waals surface area contributed by atoms with Crippen molar-refractivity contribution in [1.29, 1.82) is 0 Å². The molecule has 0 bridgehead atoms. The van der Waals surface area contributed by atoms with Crippen LogP contribution in [0.1, 0.15) is 59.1 Å². The van der Waals surface area contributed by atoms with E-state index >= 15 is 0 Å². The number of nitrogens with one attached hydrogen (secondary N) is 2. The van der Waals surface area contributed by atoms with Crippen LogP contribution in [0.2, 0.25) is 0 Å². The highest BCUT2D eigenvalue weighted by Gasteiger charge is 2.07. The smallest absolute Gasteiger partial charge is 0.228 e. The molecule has 1 heterocycles. The Morgan fingerprint density at radius 1 is 0.514 bits per heavy atom. The van der Waals surface area contributed by atoms with Crippen molar-refractivity contribution in [3.8, 4) is 11.4 Å². The Balaban J connectivity index is 0.000000559. The minimum atomic E-state index is 0.599. The predicted octanol–water partition coefficient (Wildman–Crippen LogP) is 8.83. The molecule has 0 saturated carbocycles. The normalized spacial score (nSPS) is 8.86. The molecular formula is C32H47N5. The fraction of sp³-hybridized carbons (Fsp3) is 0.344. The van der Waals surface area contributed by atoms with Gasteiger partial charge in [-0.3, -0.25) is 0 Å². The van der Waals surface area contributed by atoms with Gasteiger partial charge in [0, 0.05) is 18.7 Å². The molecule has 0 aliphatic rings. The lowest BCUT2D eigenvalue weighted by Gasteiger charge is -2.08. The first-order valence-corrected chi connectivity index (χ1v) is 13.4. The lowest BCUT2D eigenvalue weighted by molar-refractivity contribution is 1.01. The molecule has 0 amide bonds. The third-order valence-electron chi connectivity index (χ3n) is 4.22. The van der Waals surface area contributed by atoms with Crippen LogP contribution in [0.5, 0.6) is 0 Å². The van der Waals surface area contributed by atoms with Crippen LogP contribution < -0.4 is 10.6 Å². The van der Waals surface area contributed by atoms with E-state index < -0.39 is 0 Å². The topological polar surface area (TPSA) is 62.7 Å². The molecule has 4 aromatic rings. The van der Waals surface area contributed by atoms with E-state index in [1.807, 2.05) is 94.4 Å². The van der Waals surface area contributed by atoms with E-state index in [0.717, 1.165) is 18.7 Å². The van der Waals surface area contributed by atoms with E-state index in [2.05, 4.69) is 77.5 Å². The van der Waals surface area contributed by atoms with Crippen molar-refractivity contribution in [3.63, 3.8) is 0 Å². The maximum atomic E-state index is 4.40. The van der Waals surface area contributed by atoms with E-state index in [1.165, 1.54) is 17.5 Å². The van der Waals surface area contributed by atoms with Crippen molar-refractivity contribution in [1.82, 2.24) is 15.0 Å². The second kappa shape index (κ2) is 22.7. The molecule has 0 aliphatic heterocycles. The number of aromatic nitrogens is 3. The first-order chi connectivity index (χ1) is 18.0. The number of benzene rings is 3. The Bertz CT molecular complexity index is 961. The molecule has 0 atom stereocenters. The van der Waals surface area contributed by atoms with Gasteiger partial charge in [0.15, 0.2) is 5.82 Å². The number of nitrogens with zero attached hydrogens (tertiary/aromatic N) is 3. The Morgan fingerprint density at radius 3 is 1.11 bits per heavy atom. The molecule has 200 valence electrons. The average Bonchev–Trinajstić information content (AvgIpc) is 2.93. The molecule has 0 unspecified atom stereocenters. The molecule has 5 nitrogen and oxygen atoms in total. The predicted molar refractivity (Wildman–Crippen MR) is 163 cm³/mol. The van der Waals surface area contributed by atoms with Gasteiger partial charge in [-0.1, -0.05) is 136 Å². The van der Waals surface area contributed by atoms with Gasteiger partial charge in [-0.15, -0.1) is 0 Å². The Morgan fingerprint density at radius 2 is 0.838 bits per heavy atom. The lowest BCUT2D eigenvalue weighted by Crippen LogP contribution is -2.09. The summed E-state index contributed by atoms with van der Waals surface area (Å²) in [5.41, 5.74) is 3.63. The number of rotatable bonds is 5. The average molecular weight is 502 g/mol.